The van der Waals surface area contributed by atoms with E-state index in [1.165, 1.54) is 30.5 Å². The van der Waals surface area contributed by atoms with E-state index in [0.29, 0.717) is 42.9 Å². The van der Waals surface area contributed by atoms with Gasteiger partial charge in [-0.1, -0.05) is 18.6 Å². The molecule has 3 aliphatic rings. The third-order valence-electron chi connectivity index (χ3n) is 9.62. The minimum atomic E-state index is -0.797. The Morgan fingerprint density at radius 1 is 1.23 bits per heavy atom. The van der Waals surface area contributed by atoms with E-state index in [1.54, 1.807) is 6.07 Å². The summed E-state index contributed by atoms with van der Waals surface area (Å²) in [5.74, 6) is 0.964. The molecule has 2 aromatic carbocycles. The molecule has 48 heavy (non-hydrogen) atoms. The first-order valence-electron chi connectivity index (χ1n) is 16.0. The van der Waals surface area contributed by atoms with Gasteiger partial charge in [-0.3, -0.25) is 14.7 Å². The Kier molecular flexibility index (Phi) is 8.38. The molecule has 1 amide bonds. The van der Waals surface area contributed by atoms with Crippen LogP contribution in [0.5, 0.6) is 6.01 Å². The number of aromatic nitrogens is 3. The Morgan fingerprint density at radius 2 is 2.04 bits per heavy atom. The average Bonchev–Trinajstić information content (AvgIpc) is 3.60. The molecule has 1 N–H and O–H groups in total. The number of terminal acetylenes is 1. The van der Waals surface area contributed by atoms with Crippen LogP contribution in [-0.4, -0.2) is 83.3 Å². The molecule has 2 aromatic heterocycles. The molecule has 0 spiro atoms. The van der Waals surface area contributed by atoms with Gasteiger partial charge in [0.05, 0.1) is 47.4 Å². The zero-order valence-corrected chi connectivity index (χ0v) is 26.3. The van der Waals surface area contributed by atoms with E-state index >= 15 is 4.39 Å². The Bertz CT molecular complexity index is 2030. The number of nitriles is 1. The first-order chi connectivity index (χ1) is 23.3. The molecule has 1 atom stereocenters. The number of carbonyl (C=O) groups excluding carboxylic acids is 1. The molecule has 5 heterocycles. The van der Waals surface area contributed by atoms with Crippen molar-refractivity contribution in [1.29, 1.82) is 5.26 Å². The van der Waals surface area contributed by atoms with Crippen LogP contribution in [0, 0.1) is 35.3 Å². The maximum absolute atomic E-state index is 17.0. The molecule has 3 fully saturated rings. The van der Waals surface area contributed by atoms with E-state index in [4.69, 9.17) is 20.9 Å². The number of hydrogen-bond donors (Lipinski definition) is 1. The second-order valence-electron chi connectivity index (χ2n) is 12.5. The number of hydrogen-bond acceptors (Lipinski definition) is 9. The van der Waals surface area contributed by atoms with Gasteiger partial charge >= 0.3 is 6.01 Å². The zero-order valence-electron chi connectivity index (χ0n) is 26.3. The molecule has 7 rings (SSSR count). The maximum Gasteiger partial charge on any atom is 0.319 e. The Hall–Kier alpha value is -5.17. The SMILES string of the molecule is C#Cc1c(F)ccc2cc(C#N)cc(-c3ncc4c(N5CCOCC(NC(=O)C=C)C5)nc(OCC56CCCN5CCC6)nc4c3F)c12. The van der Waals surface area contributed by atoms with Crippen molar-refractivity contribution >= 4 is 33.4 Å². The maximum atomic E-state index is 17.0. The number of fused-ring (bicyclic) bond motifs is 3. The van der Waals surface area contributed by atoms with Crippen molar-refractivity contribution in [1.82, 2.24) is 25.2 Å². The van der Waals surface area contributed by atoms with Crippen LogP contribution < -0.4 is 15.0 Å². The lowest BCUT2D eigenvalue weighted by atomic mass is 9.94. The van der Waals surface area contributed by atoms with Crippen molar-refractivity contribution in [3.8, 4) is 35.7 Å². The fourth-order valence-electron chi connectivity index (χ4n) is 7.36. The predicted octanol–water partition coefficient (Wildman–Crippen LogP) is 4.49. The highest BCUT2D eigenvalue weighted by Crippen LogP contribution is 2.40. The molecule has 0 radical (unpaired) electrons. The van der Waals surface area contributed by atoms with E-state index in [-0.39, 0.29) is 57.4 Å². The number of nitrogens with one attached hydrogen (secondary N) is 1. The standard InChI is InChI=1S/C36H33F2N7O3/c1-3-25-28(37)8-7-23-15-22(17-39)16-26(30(23)25)32-31(38)33-27(18-40-32)34(44-13-14-47-20-24(19-44)41-29(46)4-2)43-35(42-33)48-21-36-9-5-11-45(36)12-6-10-36/h1,4,7-8,15-16,18,24H,2,5-6,9-14,19-21H2,(H,41,46). The van der Waals surface area contributed by atoms with Crippen LogP contribution in [0.1, 0.15) is 36.8 Å². The second kappa shape index (κ2) is 12.8. The average molecular weight is 650 g/mol. The Labute approximate surface area is 276 Å². The van der Waals surface area contributed by atoms with Crippen molar-refractivity contribution < 1.29 is 23.0 Å². The first kappa shape index (κ1) is 31.4. The minimum Gasteiger partial charge on any atom is -0.461 e. The fraction of sp³-hybridized carbons (Fsp3) is 0.361. The predicted molar refractivity (Wildman–Crippen MR) is 176 cm³/mol. The van der Waals surface area contributed by atoms with Gasteiger partial charge in [0.15, 0.2) is 5.82 Å². The van der Waals surface area contributed by atoms with E-state index in [1.807, 2.05) is 4.90 Å². The Morgan fingerprint density at radius 3 is 2.79 bits per heavy atom. The van der Waals surface area contributed by atoms with Gasteiger partial charge in [-0.25, -0.2) is 8.78 Å². The highest BCUT2D eigenvalue weighted by molar-refractivity contribution is 6.03. The quantitative estimate of drug-likeness (QED) is 0.228. The van der Waals surface area contributed by atoms with Gasteiger partial charge in [0.1, 0.15) is 29.5 Å². The van der Waals surface area contributed by atoms with E-state index in [0.717, 1.165) is 38.8 Å². The van der Waals surface area contributed by atoms with Gasteiger partial charge in [-0.2, -0.15) is 15.2 Å². The highest BCUT2D eigenvalue weighted by atomic mass is 19.1. The summed E-state index contributed by atoms with van der Waals surface area (Å²) in [6.07, 6.45) is 12.5. The normalized spacial score (nSPS) is 19.0. The molecule has 1 unspecified atom stereocenters. The summed E-state index contributed by atoms with van der Waals surface area (Å²) in [5.41, 5.74) is 0.0285. The van der Waals surface area contributed by atoms with E-state index < -0.39 is 17.7 Å². The van der Waals surface area contributed by atoms with Crippen molar-refractivity contribution in [2.75, 3.05) is 50.9 Å². The van der Waals surface area contributed by atoms with Crippen molar-refractivity contribution in [2.24, 2.45) is 0 Å². The second-order valence-corrected chi connectivity index (χ2v) is 12.5. The van der Waals surface area contributed by atoms with Crippen LogP contribution in [0.15, 0.2) is 43.1 Å². The van der Waals surface area contributed by atoms with Crippen LogP contribution in [0.3, 0.4) is 0 Å². The molecule has 10 nitrogen and oxygen atoms in total. The van der Waals surface area contributed by atoms with Crippen molar-refractivity contribution in [3.63, 3.8) is 0 Å². The lowest BCUT2D eigenvalue weighted by molar-refractivity contribution is -0.117. The molecule has 12 heteroatoms. The topological polar surface area (TPSA) is 116 Å². The molecule has 0 bridgehead atoms. The van der Waals surface area contributed by atoms with Crippen molar-refractivity contribution in [2.45, 2.75) is 37.3 Å². The van der Waals surface area contributed by atoms with Gasteiger partial charge in [0.2, 0.25) is 5.91 Å². The van der Waals surface area contributed by atoms with Gasteiger partial charge in [0, 0.05) is 30.2 Å². The minimum absolute atomic E-state index is 0.00418. The smallest absolute Gasteiger partial charge is 0.319 e. The number of pyridine rings is 1. The summed E-state index contributed by atoms with van der Waals surface area (Å²) >= 11 is 0. The lowest BCUT2D eigenvalue weighted by Crippen LogP contribution is -2.44. The number of amides is 1. The molecule has 4 aromatic rings. The summed E-state index contributed by atoms with van der Waals surface area (Å²) in [6.45, 7) is 7.23. The molecule has 3 aliphatic heterocycles. The summed E-state index contributed by atoms with van der Waals surface area (Å²) in [5, 5.41) is 13.7. The molecule has 244 valence electrons. The van der Waals surface area contributed by atoms with Crippen molar-refractivity contribution in [3.05, 3.63) is 65.9 Å². The molecular weight excluding hydrogens is 616 g/mol. The van der Waals surface area contributed by atoms with E-state index in [9.17, 15) is 14.4 Å². The number of carbonyl (C=O) groups is 1. The molecule has 0 saturated carbocycles. The summed E-state index contributed by atoms with van der Waals surface area (Å²) < 4.78 is 44.0. The number of rotatable bonds is 7. The van der Waals surface area contributed by atoms with Crippen LogP contribution in [0.25, 0.3) is 32.9 Å². The van der Waals surface area contributed by atoms with Crippen LogP contribution in [-0.2, 0) is 9.53 Å². The molecule has 0 aliphatic carbocycles. The van der Waals surface area contributed by atoms with Gasteiger partial charge in [0.25, 0.3) is 0 Å². The van der Waals surface area contributed by atoms with Gasteiger partial charge in [-0.15, -0.1) is 6.42 Å². The monoisotopic (exact) mass is 649 g/mol. The summed E-state index contributed by atoms with van der Waals surface area (Å²) in [7, 11) is 0. The Balaban J connectivity index is 1.38. The number of halogens is 2. The highest BCUT2D eigenvalue weighted by Gasteiger charge is 2.45. The third kappa shape index (κ3) is 5.57. The molecule has 3 saturated heterocycles. The number of ether oxygens (including phenoxy) is 2. The van der Waals surface area contributed by atoms with Gasteiger partial charge < -0.3 is 19.7 Å². The fourth-order valence-corrected chi connectivity index (χ4v) is 7.36. The summed E-state index contributed by atoms with van der Waals surface area (Å²) in [6, 6.07) is 7.44. The number of nitrogens with zero attached hydrogens (tertiary/aromatic N) is 6. The van der Waals surface area contributed by atoms with E-state index in [2.05, 4.69) is 38.8 Å². The van der Waals surface area contributed by atoms with Crippen LogP contribution in [0.2, 0.25) is 0 Å². The largest absolute Gasteiger partial charge is 0.461 e. The zero-order chi connectivity index (χ0) is 33.4. The first-order valence-corrected chi connectivity index (χ1v) is 16.0. The lowest BCUT2D eigenvalue weighted by Gasteiger charge is -2.31. The summed E-state index contributed by atoms with van der Waals surface area (Å²) in [4.78, 5) is 30.4. The third-order valence-corrected chi connectivity index (χ3v) is 9.62. The van der Waals surface area contributed by atoms with Gasteiger partial charge in [-0.05, 0) is 68.4 Å². The van der Waals surface area contributed by atoms with Crippen LogP contribution >= 0.6 is 0 Å². The van der Waals surface area contributed by atoms with Crippen LogP contribution in [0.4, 0.5) is 14.6 Å². The molecular formula is C36H33F2N7O3. The number of benzene rings is 2. The number of anilines is 1.